The Morgan fingerprint density at radius 2 is 1.81 bits per heavy atom. The summed E-state index contributed by atoms with van der Waals surface area (Å²) >= 11 is 0. The summed E-state index contributed by atoms with van der Waals surface area (Å²) in [6.07, 6.45) is 5.74. The van der Waals surface area contributed by atoms with Crippen molar-refractivity contribution in [3.05, 3.63) is 70.0 Å². The van der Waals surface area contributed by atoms with Crippen LogP contribution in [0.1, 0.15) is 24.0 Å². The first-order chi connectivity index (χ1) is 13.1. The number of anilines is 1. The van der Waals surface area contributed by atoms with Gasteiger partial charge < -0.3 is 4.90 Å². The topological polar surface area (TPSA) is 63.9 Å². The monoisotopic (exact) mass is 365 g/mol. The minimum atomic E-state index is -0.340. The molecule has 138 valence electrons. The van der Waals surface area contributed by atoms with Crippen molar-refractivity contribution in [1.29, 1.82) is 0 Å². The largest absolute Gasteiger partial charge is 0.341 e. The SMILES string of the molecule is Cc1ccc(Cn2nc(-c3cnc(N4CCCC4)nc3)ccc2=O)c(F)c1. The molecule has 0 aliphatic carbocycles. The normalized spacial score (nSPS) is 13.9. The molecule has 0 saturated carbocycles. The third-order valence-electron chi connectivity index (χ3n) is 4.72. The van der Waals surface area contributed by atoms with Gasteiger partial charge in [0.1, 0.15) is 5.82 Å². The van der Waals surface area contributed by atoms with Crippen molar-refractivity contribution in [2.75, 3.05) is 18.0 Å². The molecule has 1 fully saturated rings. The molecule has 0 N–H and O–H groups in total. The van der Waals surface area contributed by atoms with Gasteiger partial charge >= 0.3 is 0 Å². The molecule has 7 heteroatoms. The molecule has 3 heterocycles. The van der Waals surface area contributed by atoms with E-state index in [2.05, 4.69) is 20.0 Å². The Bertz CT molecular complexity index is 1010. The molecule has 6 nitrogen and oxygen atoms in total. The Morgan fingerprint density at radius 1 is 1.07 bits per heavy atom. The molecule has 0 atom stereocenters. The molecule has 0 radical (unpaired) electrons. The zero-order valence-corrected chi connectivity index (χ0v) is 15.1. The maximum atomic E-state index is 14.1. The van der Waals surface area contributed by atoms with Crippen LogP contribution >= 0.6 is 0 Å². The number of benzene rings is 1. The summed E-state index contributed by atoms with van der Waals surface area (Å²) in [6, 6.07) is 8.02. The van der Waals surface area contributed by atoms with Gasteiger partial charge in [0.15, 0.2) is 0 Å². The molecule has 3 aromatic rings. The van der Waals surface area contributed by atoms with Crippen LogP contribution in [0.25, 0.3) is 11.3 Å². The number of halogens is 1. The van der Waals surface area contributed by atoms with Gasteiger partial charge in [-0.25, -0.2) is 19.0 Å². The number of hydrogen-bond acceptors (Lipinski definition) is 5. The second kappa shape index (κ2) is 7.26. The minimum absolute atomic E-state index is 0.0749. The van der Waals surface area contributed by atoms with Gasteiger partial charge in [-0.1, -0.05) is 12.1 Å². The third kappa shape index (κ3) is 3.72. The van der Waals surface area contributed by atoms with Crippen molar-refractivity contribution >= 4 is 5.95 Å². The second-order valence-electron chi connectivity index (χ2n) is 6.78. The highest BCUT2D eigenvalue weighted by Gasteiger charge is 2.15. The van der Waals surface area contributed by atoms with Gasteiger partial charge in [-0.05, 0) is 37.5 Å². The van der Waals surface area contributed by atoms with E-state index in [-0.39, 0.29) is 17.9 Å². The van der Waals surface area contributed by atoms with Gasteiger partial charge in [0.25, 0.3) is 5.56 Å². The highest BCUT2D eigenvalue weighted by atomic mass is 19.1. The van der Waals surface area contributed by atoms with Crippen LogP contribution in [0.5, 0.6) is 0 Å². The van der Waals surface area contributed by atoms with Crippen LogP contribution in [-0.4, -0.2) is 32.8 Å². The summed E-state index contributed by atoms with van der Waals surface area (Å²) < 4.78 is 15.4. The van der Waals surface area contributed by atoms with Crippen LogP contribution in [-0.2, 0) is 6.54 Å². The van der Waals surface area contributed by atoms with Crippen molar-refractivity contribution < 1.29 is 4.39 Å². The second-order valence-corrected chi connectivity index (χ2v) is 6.78. The Labute approximate surface area is 156 Å². The molecule has 0 unspecified atom stereocenters. The van der Waals surface area contributed by atoms with Crippen molar-refractivity contribution in [2.45, 2.75) is 26.3 Å². The molecule has 0 spiro atoms. The van der Waals surface area contributed by atoms with Crippen molar-refractivity contribution in [3.8, 4) is 11.3 Å². The lowest BCUT2D eigenvalue weighted by Gasteiger charge is -2.14. The fourth-order valence-electron chi connectivity index (χ4n) is 3.19. The van der Waals surface area contributed by atoms with E-state index in [0.717, 1.165) is 37.1 Å². The Balaban J connectivity index is 1.61. The van der Waals surface area contributed by atoms with Gasteiger partial charge in [-0.15, -0.1) is 0 Å². The van der Waals surface area contributed by atoms with E-state index in [4.69, 9.17) is 0 Å². The average molecular weight is 365 g/mol. The summed E-state index contributed by atoms with van der Waals surface area (Å²) in [4.78, 5) is 23.2. The molecule has 1 aliphatic heterocycles. The zero-order valence-electron chi connectivity index (χ0n) is 15.1. The Morgan fingerprint density at radius 3 is 2.52 bits per heavy atom. The van der Waals surface area contributed by atoms with Crippen molar-refractivity contribution in [3.63, 3.8) is 0 Å². The molecule has 1 saturated heterocycles. The van der Waals surface area contributed by atoms with Gasteiger partial charge in [0.2, 0.25) is 5.95 Å². The van der Waals surface area contributed by atoms with Crippen LogP contribution in [0, 0.1) is 12.7 Å². The predicted molar refractivity (Wildman–Crippen MR) is 101 cm³/mol. The number of rotatable bonds is 4. The van der Waals surface area contributed by atoms with E-state index in [0.29, 0.717) is 17.2 Å². The first kappa shape index (κ1) is 17.3. The van der Waals surface area contributed by atoms with Crippen LogP contribution < -0.4 is 10.5 Å². The Hall–Kier alpha value is -3.09. The van der Waals surface area contributed by atoms with E-state index in [9.17, 15) is 9.18 Å². The third-order valence-corrected chi connectivity index (χ3v) is 4.72. The zero-order chi connectivity index (χ0) is 18.8. The maximum Gasteiger partial charge on any atom is 0.267 e. The molecule has 27 heavy (non-hydrogen) atoms. The van der Waals surface area contributed by atoms with Gasteiger partial charge in [0.05, 0.1) is 12.2 Å². The van der Waals surface area contributed by atoms with Crippen molar-refractivity contribution in [2.24, 2.45) is 0 Å². The molecular weight excluding hydrogens is 345 g/mol. The predicted octanol–water partition coefficient (Wildman–Crippen LogP) is 2.80. The number of aryl methyl sites for hydroxylation is 1. The minimum Gasteiger partial charge on any atom is -0.341 e. The van der Waals surface area contributed by atoms with E-state index < -0.39 is 0 Å². The lowest BCUT2D eigenvalue weighted by atomic mass is 10.1. The highest BCUT2D eigenvalue weighted by molar-refractivity contribution is 5.56. The Kier molecular flexibility index (Phi) is 4.66. The van der Waals surface area contributed by atoms with Crippen LogP contribution in [0.3, 0.4) is 0 Å². The fourth-order valence-corrected chi connectivity index (χ4v) is 3.19. The number of hydrogen-bond donors (Lipinski definition) is 0. The number of nitrogens with zero attached hydrogens (tertiary/aromatic N) is 5. The standard InChI is InChI=1S/C20H20FN5O/c1-14-4-5-15(17(21)10-14)13-26-19(27)7-6-18(24-26)16-11-22-20(23-12-16)25-8-2-3-9-25/h4-7,10-12H,2-3,8-9,13H2,1H3. The highest BCUT2D eigenvalue weighted by Crippen LogP contribution is 2.19. The van der Waals surface area contributed by atoms with Crippen LogP contribution in [0.4, 0.5) is 10.3 Å². The van der Waals surface area contributed by atoms with Gasteiger partial charge in [-0.2, -0.15) is 5.10 Å². The molecule has 2 aromatic heterocycles. The molecule has 4 rings (SSSR count). The summed E-state index contributed by atoms with van der Waals surface area (Å²) in [7, 11) is 0. The lowest BCUT2D eigenvalue weighted by molar-refractivity contribution is 0.572. The smallest absolute Gasteiger partial charge is 0.267 e. The average Bonchev–Trinajstić information content (AvgIpc) is 3.20. The molecule has 0 bridgehead atoms. The summed E-state index contributed by atoms with van der Waals surface area (Å²) in [5.74, 6) is 0.374. The summed E-state index contributed by atoms with van der Waals surface area (Å²) in [6.45, 7) is 3.85. The summed E-state index contributed by atoms with van der Waals surface area (Å²) in [5.41, 5.74) is 2.27. The first-order valence-corrected chi connectivity index (χ1v) is 9.01. The quantitative estimate of drug-likeness (QED) is 0.711. The van der Waals surface area contributed by atoms with E-state index >= 15 is 0 Å². The first-order valence-electron chi connectivity index (χ1n) is 9.01. The summed E-state index contributed by atoms with van der Waals surface area (Å²) in [5, 5.41) is 4.37. The fraction of sp³-hybridized carbons (Fsp3) is 0.300. The van der Waals surface area contributed by atoms with E-state index in [1.807, 2.05) is 13.0 Å². The maximum absolute atomic E-state index is 14.1. The lowest BCUT2D eigenvalue weighted by Crippen LogP contribution is -2.23. The molecule has 1 aliphatic rings. The molecular formula is C20H20FN5O. The van der Waals surface area contributed by atoms with Gasteiger partial charge in [-0.3, -0.25) is 4.79 Å². The molecule has 1 aromatic carbocycles. The van der Waals surface area contributed by atoms with E-state index in [1.165, 1.54) is 16.8 Å². The van der Waals surface area contributed by atoms with E-state index in [1.54, 1.807) is 24.5 Å². The van der Waals surface area contributed by atoms with Crippen LogP contribution in [0.2, 0.25) is 0 Å². The van der Waals surface area contributed by atoms with Crippen LogP contribution in [0.15, 0.2) is 47.5 Å². The van der Waals surface area contributed by atoms with Crippen molar-refractivity contribution in [1.82, 2.24) is 19.7 Å². The number of aromatic nitrogens is 4. The van der Waals surface area contributed by atoms with Gasteiger partial charge in [0, 0.05) is 42.7 Å². The molecule has 0 amide bonds.